The highest BCUT2D eigenvalue weighted by Crippen LogP contribution is 2.42. The smallest absolute Gasteiger partial charge is 0.317 e. The summed E-state index contributed by atoms with van der Waals surface area (Å²) in [6.45, 7) is 5.82. The van der Waals surface area contributed by atoms with Crippen molar-refractivity contribution in [2.45, 2.75) is 58.9 Å². The predicted octanol–water partition coefficient (Wildman–Crippen LogP) is 3.75. The number of carbonyl (C=O) groups is 5. The van der Waals surface area contributed by atoms with Crippen molar-refractivity contribution in [2.24, 2.45) is 0 Å². The molecule has 1 aliphatic carbocycles. The first-order valence-corrected chi connectivity index (χ1v) is 23.2. The number of imide groups is 1. The summed E-state index contributed by atoms with van der Waals surface area (Å²) in [6.07, 6.45) is 14.8. The molecular formula is C40H53ClFN4O11PS. The number of alkyl halides is 1. The van der Waals surface area contributed by atoms with E-state index in [4.69, 9.17) is 37.5 Å². The highest BCUT2D eigenvalue weighted by atomic mass is 35.5. The Morgan fingerprint density at radius 2 is 1.75 bits per heavy atom. The zero-order valence-corrected chi connectivity index (χ0v) is 36.8. The van der Waals surface area contributed by atoms with Crippen molar-refractivity contribution in [1.29, 1.82) is 0 Å². The average Bonchev–Trinajstić information content (AvgIpc) is 3.41. The van der Waals surface area contributed by atoms with Gasteiger partial charge in [-0.3, -0.25) is 34.2 Å². The fourth-order valence-electron chi connectivity index (χ4n) is 6.23. The third kappa shape index (κ3) is 14.8. The van der Waals surface area contributed by atoms with Crippen LogP contribution in [0.4, 0.5) is 21.5 Å². The van der Waals surface area contributed by atoms with E-state index >= 15 is 0 Å². The topological polar surface area (TPSA) is 206 Å². The van der Waals surface area contributed by atoms with Crippen LogP contribution in [0.5, 0.6) is 5.75 Å². The number of nitrogens with one attached hydrogen (secondary N) is 1. The van der Waals surface area contributed by atoms with Crippen LogP contribution in [0.15, 0.2) is 41.5 Å². The number of aryl methyl sites for hydroxylation is 2. The number of para-hydroxylation sites is 1. The Labute approximate surface area is 352 Å². The molecule has 5 rings (SSSR count). The molecule has 2 aliphatic heterocycles. The minimum Gasteiger partial charge on any atom is -0.778 e. The Morgan fingerprint density at radius 3 is 2.24 bits per heavy atom. The summed E-state index contributed by atoms with van der Waals surface area (Å²) >= 11 is 5.76. The van der Waals surface area contributed by atoms with Crippen LogP contribution in [0.1, 0.15) is 50.7 Å². The predicted molar refractivity (Wildman–Crippen MR) is 227 cm³/mol. The van der Waals surface area contributed by atoms with Crippen molar-refractivity contribution in [2.75, 3.05) is 79.0 Å². The molecule has 59 heavy (non-hydrogen) atoms. The van der Waals surface area contributed by atoms with E-state index in [1.807, 2.05) is 31.3 Å². The van der Waals surface area contributed by atoms with Crippen molar-refractivity contribution in [3.63, 3.8) is 0 Å². The number of hydrogen-bond donors (Lipinski definition) is 3. The lowest BCUT2D eigenvalue weighted by Gasteiger charge is -2.31. The van der Waals surface area contributed by atoms with E-state index in [1.54, 1.807) is 12.0 Å². The molecule has 15 nitrogen and oxygen atoms in total. The average molecular weight is 883 g/mol. The van der Waals surface area contributed by atoms with E-state index < -0.39 is 44.0 Å². The van der Waals surface area contributed by atoms with Gasteiger partial charge < -0.3 is 33.8 Å². The zero-order valence-electron chi connectivity index (χ0n) is 34.3. The van der Waals surface area contributed by atoms with Crippen molar-refractivity contribution in [3.8, 4) is 18.1 Å². The number of methoxy groups -OCH3 is 1. The van der Waals surface area contributed by atoms with Crippen LogP contribution >= 0.6 is 19.2 Å². The van der Waals surface area contributed by atoms with Crippen LogP contribution in [-0.2, 0) is 50.6 Å². The Bertz CT molecular complexity index is 1940. The SMILES string of the molecule is C#CCN1C(=O)COc2cc(F)c(N3C(=O)C4=C(CCCC4)C3=O)cc21.CCc1cccc(C)c1N(C(=O)CCl)C(C)COC.C[S+](C)C.O=C(O)CNCP(=O)([O-])O. The summed E-state index contributed by atoms with van der Waals surface area (Å²) in [4.78, 5) is 81.3. The molecule has 2 heterocycles. The Morgan fingerprint density at radius 1 is 1.15 bits per heavy atom. The lowest BCUT2D eigenvalue weighted by molar-refractivity contribution is -0.193. The minimum absolute atomic E-state index is 0.0170. The number of hydrogen-bond acceptors (Lipinski definition) is 10. The molecular weight excluding hydrogens is 830 g/mol. The van der Waals surface area contributed by atoms with Gasteiger partial charge in [-0.25, -0.2) is 9.29 Å². The van der Waals surface area contributed by atoms with Crippen molar-refractivity contribution in [1.82, 2.24) is 5.32 Å². The van der Waals surface area contributed by atoms with Gasteiger partial charge in [0.2, 0.25) is 5.91 Å². The number of amides is 4. The fraction of sp³-hybridized carbons (Fsp3) is 0.475. The van der Waals surface area contributed by atoms with Gasteiger partial charge in [0.1, 0.15) is 19.2 Å². The number of anilines is 3. The van der Waals surface area contributed by atoms with Gasteiger partial charge in [0.25, 0.3) is 17.7 Å². The van der Waals surface area contributed by atoms with Gasteiger partial charge in [0, 0.05) is 24.3 Å². The molecule has 2 aromatic carbocycles. The number of terminal acetylenes is 1. The normalized spacial score (nSPS) is 15.8. The highest BCUT2D eigenvalue weighted by Gasteiger charge is 2.41. The number of benzene rings is 2. The van der Waals surface area contributed by atoms with Crippen LogP contribution in [0.3, 0.4) is 0 Å². The van der Waals surface area contributed by atoms with Gasteiger partial charge in [-0.1, -0.05) is 31.0 Å². The second kappa shape index (κ2) is 24.1. The second-order valence-electron chi connectivity index (χ2n) is 13.8. The third-order valence-corrected chi connectivity index (χ3v) is 9.47. The molecule has 0 bridgehead atoms. The maximum atomic E-state index is 14.7. The third-order valence-electron chi connectivity index (χ3n) is 8.61. The molecule has 0 aromatic heterocycles. The summed E-state index contributed by atoms with van der Waals surface area (Å²) in [5, 5.41) is 9.97. The number of nitrogens with zero attached hydrogens (tertiary/aromatic N) is 3. The maximum Gasteiger partial charge on any atom is 0.317 e. The maximum absolute atomic E-state index is 14.7. The van der Waals surface area contributed by atoms with E-state index in [-0.39, 0.29) is 54.0 Å². The van der Waals surface area contributed by atoms with E-state index in [1.165, 1.54) is 11.0 Å². The minimum atomic E-state index is -4.35. The standard InChI is InChI=1S/C19H15FN2O4.C15H22ClNO2.C3H8NO5P.C3H9S/c1-2-7-21-15-9-14(13(20)8-16(15)26-10-17(21)23)22-18(24)11-5-3-4-6-12(11)19(22)25;1-5-13-8-6-7-11(2)15(13)17(14(18)9-16)12(3)10-19-4;5-3(6)1-4-2-10(7,8)9;1-4(2)3/h1,8-9H,3-7,10H2;6-8,12H,5,9-10H2,1-4H3;4H,1-2H2,(H,5,6)(H2,7,8,9);1-3H3/q;;;+1/p-1. The van der Waals surface area contributed by atoms with Gasteiger partial charge >= 0.3 is 5.97 Å². The van der Waals surface area contributed by atoms with Gasteiger partial charge in [-0.15, -0.1) is 18.0 Å². The molecule has 0 saturated carbocycles. The van der Waals surface area contributed by atoms with E-state index in [0.29, 0.717) is 41.5 Å². The van der Waals surface area contributed by atoms with Gasteiger partial charge in [0.15, 0.2) is 12.4 Å². The molecule has 3 aliphatic rings. The van der Waals surface area contributed by atoms with Crippen molar-refractivity contribution >= 4 is 76.8 Å². The number of fused-ring (bicyclic) bond motifs is 1. The summed E-state index contributed by atoms with van der Waals surface area (Å²) in [5.41, 5.74) is 4.20. The van der Waals surface area contributed by atoms with Crippen LogP contribution < -0.4 is 29.6 Å². The number of ether oxygens (including phenoxy) is 2. The fourth-order valence-corrected chi connectivity index (χ4v) is 6.75. The lowest BCUT2D eigenvalue weighted by Crippen LogP contribution is -2.43. The molecule has 2 aromatic rings. The number of carbonyl (C=O) groups excluding carboxylic acids is 4. The highest BCUT2D eigenvalue weighted by molar-refractivity contribution is 7.94. The zero-order chi connectivity index (χ0) is 44.6. The molecule has 324 valence electrons. The molecule has 0 fully saturated rings. The number of carboxylic acids is 1. The quantitative estimate of drug-likeness (QED) is 0.0917. The van der Waals surface area contributed by atoms with E-state index in [2.05, 4.69) is 37.7 Å². The van der Waals surface area contributed by atoms with Crippen molar-refractivity contribution in [3.05, 3.63) is 58.4 Å². The number of carboxylic acid groups (broad SMARTS) is 1. The van der Waals surface area contributed by atoms with Crippen LogP contribution in [0, 0.1) is 25.1 Å². The monoisotopic (exact) mass is 882 g/mol. The largest absolute Gasteiger partial charge is 0.778 e. The molecule has 2 unspecified atom stereocenters. The molecule has 0 spiro atoms. The Kier molecular flexibility index (Phi) is 20.8. The second-order valence-corrected chi connectivity index (χ2v) is 18.1. The summed E-state index contributed by atoms with van der Waals surface area (Å²) in [5.74, 6) is -0.877. The van der Waals surface area contributed by atoms with Crippen LogP contribution in [0.2, 0.25) is 0 Å². The first-order valence-electron chi connectivity index (χ1n) is 18.4. The molecule has 19 heteroatoms. The lowest BCUT2D eigenvalue weighted by atomic mass is 9.93. The van der Waals surface area contributed by atoms with E-state index in [9.17, 15) is 37.8 Å². The summed E-state index contributed by atoms with van der Waals surface area (Å²) in [7, 11) is -2.07. The van der Waals surface area contributed by atoms with E-state index in [0.717, 1.165) is 47.0 Å². The first-order chi connectivity index (χ1) is 27.7. The van der Waals surface area contributed by atoms with Crippen LogP contribution in [-0.4, -0.2) is 110 Å². The first kappa shape index (κ1) is 50.9. The number of aliphatic carboxylic acids is 1. The van der Waals surface area contributed by atoms with Crippen LogP contribution in [0.25, 0.3) is 0 Å². The molecule has 3 N–H and O–H groups in total. The van der Waals surface area contributed by atoms with Gasteiger partial charge in [-0.05, 0) is 74.0 Å². The number of rotatable bonds is 12. The summed E-state index contributed by atoms with van der Waals surface area (Å²) in [6, 6.07) is 8.41. The Balaban J connectivity index is 0.000000318. The Hall–Kier alpha value is -4.27. The molecule has 2 atom stereocenters. The van der Waals surface area contributed by atoms with Gasteiger partial charge in [-0.2, -0.15) is 0 Å². The van der Waals surface area contributed by atoms with Crippen molar-refractivity contribution < 1.29 is 57.3 Å². The number of halogens is 2. The summed E-state index contributed by atoms with van der Waals surface area (Å²) < 4.78 is 35.1. The molecule has 0 saturated heterocycles. The molecule has 0 radical (unpaired) electrons. The van der Waals surface area contributed by atoms with Gasteiger partial charge in [0.05, 0.1) is 67.9 Å². The molecule has 4 amide bonds.